The monoisotopic (exact) mass is 929 g/mol. The van der Waals surface area contributed by atoms with Gasteiger partial charge in [-0.25, -0.2) is 22.5 Å². The number of nitrogens with zero attached hydrogens (tertiary/aromatic N) is 5. The largest absolute Gasteiger partial charge is 0.493 e. The van der Waals surface area contributed by atoms with Gasteiger partial charge in [0.25, 0.3) is 21.6 Å². The minimum atomic E-state index is -4.66. The summed E-state index contributed by atoms with van der Waals surface area (Å²) >= 11 is 6.24. The van der Waals surface area contributed by atoms with Gasteiger partial charge in [0.15, 0.2) is 0 Å². The van der Waals surface area contributed by atoms with Gasteiger partial charge in [-0.05, 0) is 91.0 Å². The Bertz CT molecular complexity index is 2870. The maximum Gasteiger partial charge on any atom is 0.277 e. The minimum Gasteiger partial charge on any atom is -0.493 e. The number of rotatable bonds is 13. The van der Waals surface area contributed by atoms with E-state index in [9.17, 15) is 27.5 Å². The van der Waals surface area contributed by atoms with Crippen LogP contribution in [0.15, 0.2) is 94.0 Å². The molecular formula is C46H52ClN7O8S2. The summed E-state index contributed by atoms with van der Waals surface area (Å²) in [5.41, 5.74) is 5.47. The van der Waals surface area contributed by atoms with Crippen molar-refractivity contribution >= 4 is 65.2 Å². The third kappa shape index (κ3) is 10.5. The number of aromatic nitrogens is 2. The van der Waals surface area contributed by atoms with Crippen molar-refractivity contribution in [2.45, 2.75) is 50.8 Å². The van der Waals surface area contributed by atoms with Crippen LogP contribution in [0.25, 0.3) is 16.6 Å². The van der Waals surface area contributed by atoms with Gasteiger partial charge < -0.3 is 19.4 Å². The Balaban J connectivity index is 1.02. The van der Waals surface area contributed by atoms with Crippen LogP contribution in [-0.2, 0) is 26.2 Å². The molecule has 0 saturated carbocycles. The Labute approximate surface area is 378 Å². The van der Waals surface area contributed by atoms with Crippen LogP contribution < -0.4 is 19.1 Å². The molecule has 5 aromatic rings. The molecule has 2 aromatic heterocycles. The van der Waals surface area contributed by atoms with Crippen LogP contribution in [0.3, 0.4) is 0 Å². The standard InChI is InChI=1S/C46H52ClN7O8S2/c1-46(2)14-11-33(40(26-46)31-5-7-34(47)8-6-31)28-52-17-19-53(20-18-52)35-9-10-38(43(23-35)62-36-22-32-13-15-48-44(32)49-27-36)45(55)51-64(59,60)37-24-41(54(56)57)39-21-30(29-61-42(39)25-37)12-16-50-63(3,4)58/h5-10,13,15,22-25,27,30H,11-12,14,16-21,26,28-29H2,1-4H3,(H,48,49)(H,51,55)/t30-/m0/s1. The predicted molar refractivity (Wildman–Crippen MR) is 250 cm³/mol. The first-order valence-corrected chi connectivity index (χ1v) is 25.4. The van der Waals surface area contributed by atoms with Crippen molar-refractivity contribution in [3.8, 4) is 17.2 Å². The number of anilines is 1. The van der Waals surface area contributed by atoms with Crippen molar-refractivity contribution in [1.29, 1.82) is 0 Å². The first-order chi connectivity index (χ1) is 30.4. The highest BCUT2D eigenvalue weighted by molar-refractivity contribution is 7.92. The normalized spacial score (nSPS) is 18.0. The Morgan fingerprint density at radius 2 is 1.83 bits per heavy atom. The Hall–Kier alpha value is -5.49. The van der Waals surface area contributed by atoms with Crippen LogP contribution in [0.4, 0.5) is 11.4 Å². The molecule has 1 fully saturated rings. The number of carbonyl (C=O) groups excluding carboxylic acids is 1. The summed E-state index contributed by atoms with van der Waals surface area (Å²) < 4.78 is 58.2. The van der Waals surface area contributed by atoms with Gasteiger partial charge in [0, 0.05) is 102 Å². The highest BCUT2D eigenvalue weighted by Crippen LogP contribution is 2.44. The average molecular weight is 931 g/mol. The van der Waals surface area contributed by atoms with E-state index >= 15 is 0 Å². The third-order valence-electron chi connectivity index (χ3n) is 12.1. The van der Waals surface area contributed by atoms with Crippen molar-refractivity contribution in [1.82, 2.24) is 19.6 Å². The van der Waals surface area contributed by atoms with E-state index in [0.717, 1.165) is 61.1 Å². The molecule has 2 aliphatic heterocycles. The molecule has 0 radical (unpaired) electrons. The van der Waals surface area contributed by atoms with Crippen LogP contribution >= 0.6 is 11.6 Å². The predicted octanol–water partition coefficient (Wildman–Crippen LogP) is 8.49. The number of benzene rings is 3. The van der Waals surface area contributed by atoms with Gasteiger partial charge in [0.1, 0.15) is 22.9 Å². The van der Waals surface area contributed by atoms with Gasteiger partial charge >= 0.3 is 0 Å². The van der Waals surface area contributed by atoms with Crippen molar-refractivity contribution in [3.63, 3.8) is 0 Å². The summed E-state index contributed by atoms with van der Waals surface area (Å²) in [7, 11) is -6.96. The van der Waals surface area contributed by atoms with Gasteiger partial charge in [-0.15, -0.1) is 0 Å². The van der Waals surface area contributed by atoms with Crippen LogP contribution in [0.5, 0.6) is 17.2 Å². The lowest BCUT2D eigenvalue weighted by Crippen LogP contribution is -2.47. The first-order valence-electron chi connectivity index (χ1n) is 21.2. The second-order valence-electron chi connectivity index (χ2n) is 17.9. The summed E-state index contributed by atoms with van der Waals surface area (Å²) in [4.78, 5) is 37.3. The van der Waals surface area contributed by atoms with Gasteiger partial charge in [0.2, 0.25) is 0 Å². The number of hydrogen-bond acceptors (Lipinski definition) is 12. The summed E-state index contributed by atoms with van der Waals surface area (Å²) in [5.74, 6) is -0.660. The molecule has 8 rings (SSSR count). The van der Waals surface area contributed by atoms with E-state index in [1.807, 2.05) is 18.2 Å². The molecule has 18 heteroatoms. The third-order valence-corrected chi connectivity index (χ3v) is 14.5. The molecule has 0 spiro atoms. The lowest BCUT2D eigenvalue weighted by molar-refractivity contribution is -0.386. The number of allylic oxidation sites excluding steroid dienone is 1. The number of H-pyrrole nitrogens is 1. The number of halogens is 1. The Morgan fingerprint density at radius 3 is 2.56 bits per heavy atom. The number of pyridine rings is 1. The first kappa shape index (κ1) is 45.1. The van der Waals surface area contributed by atoms with Crippen molar-refractivity contribution < 1.29 is 31.8 Å². The average Bonchev–Trinajstić information content (AvgIpc) is 3.72. The number of hydrogen-bond donors (Lipinski definition) is 2. The molecule has 338 valence electrons. The summed E-state index contributed by atoms with van der Waals surface area (Å²) in [6.45, 7) is 9.01. The fourth-order valence-corrected chi connectivity index (χ4v) is 10.3. The lowest BCUT2D eigenvalue weighted by atomic mass is 9.72. The molecule has 3 aliphatic rings. The zero-order valence-electron chi connectivity index (χ0n) is 36.3. The van der Waals surface area contributed by atoms with Crippen molar-refractivity contribution in [2.24, 2.45) is 15.7 Å². The number of aromatic amines is 1. The quantitative estimate of drug-likeness (QED) is 0.0851. The lowest BCUT2D eigenvalue weighted by Gasteiger charge is -2.39. The number of amides is 1. The SMILES string of the molecule is CC1(C)CCC(CN2CCN(c3ccc(C(=O)NS(=O)(=O)c4cc5c(c([N+](=O)[O-])c4)C[C@H](CCN=S(C)(C)=O)CO5)c(Oc4cnc5[nH]ccc5c4)c3)CC2)=C(c2ccc(Cl)cc2)C1. The summed E-state index contributed by atoms with van der Waals surface area (Å²) in [6.07, 6.45) is 10.2. The van der Waals surface area contributed by atoms with E-state index < -0.39 is 41.2 Å². The zero-order valence-corrected chi connectivity index (χ0v) is 38.7. The smallest absolute Gasteiger partial charge is 0.277 e. The van der Waals surface area contributed by atoms with E-state index in [2.05, 4.69) is 54.8 Å². The molecule has 0 bridgehead atoms. The molecule has 1 aliphatic carbocycles. The molecule has 1 atom stereocenters. The molecule has 2 N–H and O–H groups in total. The summed E-state index contributed by atoms with van der Waals surface area (Å²) in [5, 5.41) is 13.8. The number of fused-ring (bicyclic) bond motifs is 2. The van der Waals surface area contributed by atoms with Gasteiger partial charge in [-0.2, -0.15) is 0 Å². The molecule has 4 heterocycles. The second kappa shape index (κ2) is 18.2. The number of nitrogens with one attached hydrogen (secondary N) is 2. The van der Waals surface area contributed by atoms with Gasteiger partial charge in [-0.3, -0.25) is 24.0 Å². The van der Waals surface area contributed by atoms with Crippen LogP contribution in [0, 0.1) is 21.4 Å². The number of nitro groups is 1. The Kier molecular flexibility index (Phi) is 12.8. The molecular weight excluding hydrogens is 878 g/mol. The van der Waals surface area contributed by atoms with E-state index in [4.69, 9.17) is 21.1 Å². The molecule has 3 aromatic carbocycles. The number of carbonyl (C=O) groups is 1. The Morgan fingerprint density at radius 1 is 1.06 bits per heavy atom. The molecule has 0 unspecified atom stereocenters. The minimum absolute atomic E-state index is 0.0486. The number of ether oxygens (including phenoxy) is 2. The second-order valence-corrected chi connectivity index (χ2v) is 22.6. The summed E-state index contributed by atoms with van der Waals surface area (Å²) in [6, 6.07) is 18.9. The topological polar surface area (TPSA) is 189 Å². The molecule has 15 nitrogen and oxygen atoms in total. The number of nitro benzene ring substituents is 1. The molecule has 1 amide bonds. The number of sulfonamides is 1. The molecule has 64 heavy (non-hydrogen) atoms. The highest BCUT2D eigenvalue weighted by atomic mass is 35.5. The van der Waals surface area contributed by atoms with Gasteiger partial charge in [-0.1, -0.05) is 43.2 Å². The van der Waals surface area contributed by atoms with Crippen LogP contribution in [0.1, 0.15) is 61.0 Å². The fourth-order valence-electron chi connectivity index (χ4n) is 8.67. The van der Waals surface area contributed by atoms with Crippen LogP contribution in [-0.4, -0.2) is 96.7 Å². The highest BCUT2D eigenvalue weighted by Gasteiger charge is 2.33. The van der Waals surface area contributed by atoms with Crippen molar-refractivity contribution in [3.05, 3.63) is 117 Å². The molecule has 1 saturated heterocycles. The van der Waals surface area contributed by atoms with Crippen LogP contribution in [0.2, 0.25) is 5.02 Å². The van der Waals surface area contributed by atoms with E-state index in [1.165, 1.54) is 47.6 Å². The van der Waals surface area contributed by atoms with Gasteiger partial charge in [0.05, 0.1) is 33.7 Å². The van der Waals surface area contributed by atoms with E-state index in [0.29, 0.717) is 37.5 Å². The maximum absolute atomic E-state index is 14.0. The zero-order chi connectivity index (χ0) is 45.4. The maximum atomic E-state index is 14.0. The number of piperazine rings is 1. The fraction of sp³-hybridized carbons (Fsp3) is 0.391. The van der Waals surface area contributed by atoms with E-state index in [-0.39, 0.29) is 47.0 Å². The van der Waals surface area contributed by atoms with Crippen molar-refractivity contribution in [2.75, 3.05) is 63.3 Å². The van der Waals surface area contributed by atoms with E-state index in [1.54, 1.807) is 24.4 Å².